The Labute approximate surface area is 164 Å². The average molecular weight is 376 g/mol. The monoisotopic (exact) mass is 376 g/mol. The maximum atomic E-state index is 12.3. The number of pyridine rings is 2. The first-order valence-corrected chi connectivity index (χ1v) is 9.69. The Kier molecular flexibility index (Phi) is 5.14. The Morgan fingerprint density at radius 1 is 1.07 bits per heavy atom. The molecule has 1 N–H and O–H groups in total. The van der Waals surface area contributed by atoms with E-state index in [4.69, 9.17) is 4.98 Å². The third-order valence-corrected chi connectivity index (χ3v) is 5.01. The lowest BCUT2D eigenvalue weighted by molar-refractivity contribution is -0.126. The highest BCUT2D eigenvalue weighted by molar-refractivity contribution is 5.90. The van der Waals surface area contributed by atoms with E-state index in [1.807, 2.05) is 32.0 Å². The summed E-state index contributed by atoms with van der Waals surface area (Å²) in [4.78, 5) is 32.4. The lowest BCUT2D eigenvalue weighted by Crippen LogP contribution is -2.42. The summed E-state index contributed by atoms with van der Waals surface area (Å²) in [6.45, 7) is 5.57. The van der Waals surface area contributed by atoms with Gasteiger partial charge in [-0.2, -0.15) is 0 Å². The minimum atomic E-state index is 0.0630. The number of carbonyl (C=O) groups excluding carboxylic acids is 1. The van der Waals surface area contributed by atoms with Crippen molar-refractivity contribution >= 4 is 22.6 Å². The first-order valence-electron chi connectivity index (χ1n) is 9.69. The van der Waals surface area contributed by atoms with E-state index in [1.165, 1.54) is 0 Å². The van der Waals surface area contributed by atoms with Crippen LogP contribution in [0.25, 0.3) is 22.3 Å². The molecule has 0 bridgehead atoms. The molecule has 1 aliphatic rings. The highest BCUT2D eigenvalue weighted by Gasteiger charge is 2.27. The fourth-order valence-corrected chi connectivity index (χ4v) is 3.59. The Bertz CT molecular complexity index is 967. The van der Waals surface area contributed by atoms with Gasteiger partial charge in [-0.3, -0.25) is 14.8 Å². The predicted molar refractivity (Wildman–Crippen MR) is 109 cm³/mol. The first-order chi connectivity index (χ1) is 13.6. The summed E-state index contributed by atoms with van der Waals surface area (Å²) in [5.41, 5.74) is 1.74. The number of piperidine rings is 1. The van der Waals surface area contributed by atoms with E-state index in [1.54, 1.807) is 24.8 Å². The maximum absolute atomic E-state index is 12.3. The van der Waals surface area contributed by atoms with Gasteiger partial charge in [-0.1, -0.05) is 0 Å². The van der Waals surface area contributed by atoms with E-state index in [0.29, 0.717) is 5.82 Å². The van der Waals surface area contributed by atoms with E-state index >= 15 is 0 Å². The van der Waals surface area contributed by atoms with Gasteiger partial charge in [-0.15, -0.1) is 0 Å². The molecule has 3 aromatic rings. The molecule has 7 nitrogen and oxygen atoms in total. The van der Waals surface area contributed by atoms with Crippen LogP contribution in [0.2, 0.25) is 0 Å². The number of amides is 1. The molecule has 0 aliphatic carbocycles. The molecule has 0 aromatic carbocycles. The smallest absolute Gasteiger partial charge is 0.223 e. The predicted octanol–water partition coefficient (Wildman–Crippen LogP) is 2.83. The maximum Gasteiger partial charge on any atom is 0.223 e. The summed E-state index contributed by atoms with van der Waals surface area (Å²) in [5, 5.41) is 4.01. The molecule has 0 atom stereocenters. The van der Waals surface area contributed by atoms with Gasteiger partial charge in [0.15, 0.2) is 5.82 Å². The van der Waals surface area contributed by atoms with Crippen molar-refractivity contribution in [3.8, 4) is 11.4 Å². The van der Waals surface area contributed by atoms with Crippen molar-refractivity contribution in [1.29, 1.82) is 0 Å². The number of nitrogens with one attached hydrogen (secondary N) is 1. The number of aromatic nitrogens is 4. The Morgan fingerprint density at radius 3 is 2.50 bits per heavy atom. The van der Waals surface area contributed by atoms with Crippen molar-refractivity contribution in [2.75, 3.05) is 18.0 Å². The van der Waals surface area contributed by atoms with Gasteiger partial charge in [-0.05, 0) is 44.9 Å². The normalized spacial score (nSPS) is 15.2. The van der Waals surface area contributed by atoms with Crippen molar-refractivity contribution in [2.45, 2.75) is 32.7 Å². The van der Waals surface area contributed by atoms with E-state index in [-0.39, 0.29) is 17.9 Å². The fourth-order valence-electron chi connectivity index (χ4n) is 3.59. The van der Waals surface area contributed by atoms with Crippen LogP contribution in [0, 0.1) is 5.92 Å². The number of rotatable bonds is 4. The summed E-state index contributed by atoms with van der Waals surface area (Å²) in [6.07, 6.45) is 8.66. The molecule has 7 heteroatoms. The summed E-state index contributed by atoms with van der Waals surface area (Å²) < 4.78 is 0. The van der Waals surface area contributed by atoms with E-state index < -0.39 is 0 Å². The quantitative estimate of drug-likeness (QED) is 0.754. The number of hydrogen-bond acceptors (Lipinski definition) is 6. The topological polar surface area (TPSA) is 83.9 Å². The van der Waals surface area contributed by atoms with Crippen LogP contribution in [0.1, 0.15) is 26.7 Å². The molecule has 1 aliphatic heterocycles. The molecule has 144 valence electrons. The summed E-state index contributed by atoms with van der Waals surface area (Å²) >= 11 is 0. The molecule has 0 unspecified atom stereocenters. The molecular weight excluding hydrogens is 352 g/mol. The number of carbonyl (C=O) groups is 1. The van der Waals surface area contributed by atoms with E-state index in [2.05, 4.69) is 25.2 Å². The van der Waals surface area contributed by atoms with Crippen molar-refractivity contribution in [2.24, 2.45) is 5.92 Å². The van der Waals surface area contributed by atoms with Crippen LogP contribution in [0.15, 0.2) is 43.0 Å². The second-order valence-corrected chi connectivity index (χ2v) is 7.42. The zero-order valence-electron chi connectivity index (χ0n) is 16.2. The van der Waals surface area contributed by atoms with E-state index in [9.17, 15) is 4.79 Å². The molecule has 0 saturated carbocycles. The molecule has 4 rings (SSSR count). The van der Waals surface area contributed by atoms with Crippen molar-refractivity contribution in [1.82, 2.24) is 25.3 Å². The average Bonchev–Trinajstić information content (AvgIpc) is 2.73. The van der Waals surface area contributed by atoms with Crippen LogP contribution in [-0.4, -0.2) is 45.0 Å². The van der Waals surface area contributed by atoms with Crippen molar-refractivity contribution in [3.05, 3.63) is 43.0 Å². The van der Waals surface area contributed by atoms with Gasteiger partial charge < -0.3 is 10.2 Å². The standard InChI is InChI=1S/C21H24N6O/c1-14(2)24-21(28)16-6-11-27(12-7-16)20-17-5-10-23-13-18(17)25-19(26-20)15-3-8-22-9-4-15/h3-5,8-10,13-14,16H,6-7,11-12H2,1-2H3,(H,24,28). The third kappa shape index (κ3) is 3.78. The van der Waals surface area contributed by atoms with Crippen LogP contribution in [-0.2, 0) is 4.79 Å². The Balaban J connectivity index is 1.63. The summed E-state index contributed by atoms with van der Waals surface area (Å²) in [7, 11) is 0. The van der Waals surface area contributed by atoms with Gasteiger partial charge in [0, 0.05) is 54.6 Å². The zero-order chi connectivity index (χ0) is 19.5. The molecular formula is C21H24N6O. The minimum Gasteiger partial charge on any atom is -0.356 e. The molecule has 1 fully saturated rings. The summed E-state index contributed by atoms with van der Waals surface area (Å²) in [6, 6.07) is 5.94. The first kappa shape index (κ1) is 18.3. The SMILES string of the molecule is CC(C)NC(=O)C1CCN(c2nc(-c3ccncc3)nc3cnccc23)CC1. The molecule has 1 saturated heterocycles. The van der Waals surface area contributed by atoms with Crippen LogP contribution < -0.4 is 10.2 Å². The van der Waals surface area contributed by atoms with Crippen LogP contribution in [0.5, 0.6) is 0 Å². The van der Waals surface area contributed by atoms with Crippen molar-refractivity contribution in [3.63, 3.8) is 0 Å². The largest absolute Gasteiger partial charge is 0.356 e. The molecule has 0 spiro atoms. The third-order valence-electron chi connectivity index (χ3n) is 5.01. The zero-order valence-corrected chi connectivity index (χ0v) is 16.2. The number of hydrogen-bond donors (Lipinski definition) is 1. The highest BCUT2D eigenvalue weighted by atomic mass is 16.1. The van der Waals surface area contributed by atoms with Crippen LogP contribution in [0.3, 0.4) is 0 Å². The van der Waals surface area contributed by atoms with Gasteiger partial charge in [0.05, 0.1) is 11.7 Å². The van der Waals surface area contributed by atoms with Gasteiger partial charge in [0.25, 0.3) is 0 Å². The fraction of sp³-hybridized carbons (Fsp3) is 0.381. The van der Waals surface area contributed by atoms with Crippen molar-refractivity contribution < 1.29 is 4.79 Å². The van der Waals surface area contributed by atoms with Crippen LogP contribution >= 0.6 is 0 Å². The lowest BCUT2D eigenvalue weighted by Gasteiger charge is -2.33. The van der Waals surface area contributed by atoms with Gasteiger partial charge in [-0.25, -0.2) is 9.97 Å². The number of nitrogens with zero attached hydrogens (tertiary/aromatic N) is 5. The highest BCUT2D eigenvalue weighted by Crippen LogP contribution is 2.30. The minimum absolute atomic E-state index is 0.0630. The number of anilines is 1. The second-order valence-electron chi connectivity index (χ2n) is 7.42. The Morgan fingerprint density at radius 2 is 1.79 bits per heavy atom. The molecule has 4 heterocycles. The van der Waals surface area contributed by atoms with Gasteiger partial charge >= 0.3 is 0 Å². The van der Waals surface area contributed by atoms with Gasteiger partial charge in [0.1, 0.15) is 5.82 Å². The lowest BCUT2D eigenvalue weighted by atomic mass is 9.95. The molecule has 1 amide bonds. The second kappa shape index (κ2) is 7.88. The van der Waals surface area contributed by atoms with Crippen LogP contribution in [0.4, 0.5) is 5.82 Å². The van der Waals surface area contributed by atoms with Gasteiger partial charge in [0.2, 0.25) is 5.91 Å². The summed E-state index contributed by atoms with van der Waals surface area (Å²) in [5.74, 6) is 1.79. The molecule has 3 aromatic heterocycles. The Hall–Kier alpha value is -3.09. The molecule has 0 radical (unpaired) electrons. The van der Waals surface area contributed by atoms with E-state index in [0.717, 1.165) is 48.2 Å². The molecule has 28 heavy (non-hydrogen) atoms. The number of fused-ring (bicyclic) bond motifs is 1.